The fourth-order valence-electron chi connectivity index (χ4n) is 3.94. The number of benzene rings is 1. The highest BCUT2D eigenvalue weighted by Crippen LogP contribution is 2.42. The van der Waals surface area contributed by atoms with Gasteiger partial charge in [-0.25, -0.2) is 15.0 Å². The number of nitrogens with two attached hydrogens (primary N) is 1. The van der Waals surface area contributed by atoms with Gasteiger partial charge in [-0.05, 0) is 41.3 Å². The van der Waals surface area contributed by atoms with Crippen molar-refractivity contribution in [1.29, 1.82) is 0 Å². The van der Waals surface area contributed by atoms with Crippen LogP contribution in [0.15, 0.2) is 77.5 Å². The number of aliphatic imine (C=N–C) groups is 2. The van der Waals surface area contributed by atoms with E-state index in [1.165, 1.54) is 6.33 Å². The smallest absolute Gasteiger partial charge is 0.300 e. The maximum Gasteiger partial charge on any atom is 0.300 e. The number of guanidine groups is 1. The molecule has 0 radical (unpaired) electrons. The van der Waals surface area contributed by atoms with Gasteiger partial charge in [0.1, 0.15) is 12.2 Å². The molecule has 1 atom stereocenters. The van der Waals surface area contributed by atoms with Crippen molar-refractivity contribution in [3.05, 3.63) is 78.6 Å². The molecule has 9 nitrogen and oxygen atoms in total. The number of aromatic nitrogens is 3. The third kappa shape index (κ3) is 3.92. The second kappa shape index (κ2) is 8.93. The zero-order chi connectivity index (χ0) is 22.6. The van der Waals surface area contributed by atoms with Gasteiger partial charge in [0, 0.05) is 50.4 Å². The van der Waals surface area contributed by atoms with Crippen molar-refractivity contribution in [1.82, 2.24) is 19.9 Å². The van der Waals surface area contributed by atoms with Gasteiger partial charge in [0.15, 0.2) is 11.5 Å². The minimum atomic E-state index is -0.833. The molecule has 32 heavy (non-hydrogen) atoms. The molecular formula is C23H23N7O2. The number of hydrogen-bond donors (Lipinski definition) is 2. The molecule has 9 heteroatoms. The summed E-state index contributed by atoms with van der Waals surface area (Å²) in [5, 5.41) is 7.42. The number of fused-ring (bicyclic) bond motifs is 1. The van der Waals surface area contributed by atoms with Crippen molar-refractivity contribution in [3.63, 3.8) is 0 Å². The second-order valence-electron chi connectivity index (χ2n) is 7.35. The summed E-state index contributed by atoms with van der Waals surface area (Å²) in [6, 6.07) is 12.2. The molecule has 1 aromatic carbocycles. The van der Waals surface area contributed by atoms with E-state index >= 15 is 0 Å². The summed E-state index contributed by atoms with van der Waals surface area (Å²) in [5.41, 5.74) is 9.54. The van der Waals surface area contributed by atoms with Crippen LogP contribution in [0.3, 0.4) is 0 Å². The number of nitrogens with zero attached hydrogens (tertiary/aromatic N) is 6. The summed E-state index contributed by atoms with van der Waals surface area (Å²) < 4.78 is 0. The molecule has 4 heterocycles. The monoisotopic (exact) mass is 429 g/mol. The lowest BCUT2D eigenvalue weighted by atomic mass is 9.81. The Balaban J connectivity index is 0.000000567. The molecule has 0 saturated carbocycles. The average Bonchev–Trinajstić information content (AvgIpc) is 3.14. The summed E-state index contributed by atoms with van der Waals surface area (Å²) in [5.74, 6) is 0.549. The number of carboxylic acid groups (broad SMARTS) is 1. The van der Waals surface area contributed by atoms with Crippen LogP contribution in [0, 0.1) is 0 Å². The molecule has 0 saturated heterocycles. The van der Waals surface area contributed by atoms with Crippen LogP contribution < -0.4 is 5.73 Å². The molecule has 0 bridgehead atoms. The molecule has 1 unspecified atom stereocenters. The van der Waals surface area contributed by atoms with E-state index in [0.29, 0.717) is 5.96 Å². The van der Waals surface area contributed by atoms with Gasteiger partial charge >= 0.3 is 0 Å². The average molecular weight is 429 g/mol. The van der Waals surface area contributed by atoms with Crippen LogP contribution in [0.25, 0.3) is 11.1 Å². The molecule has 3 aromatic rings. The number of amidine groups is 1. The molecule has 0 aliphatic carbocycles. The number of aliphatic carboxylic acids is 1. The summed E-state index contributed by atoms with van der Waals surface area (Å²) in [4.78, 5) is 33.3. The van der Waals surface area contributed by atoms with Crippen molar-refractivity contribution < 1.29 is 9.90 Å². The van der Waals surface area contributed by atoms with Crippen LogP contribution in [0.4, 0.5) is 0 Å². The van der Waals surface area contributed by atoms with Crippen LogP contribution in [0.2, 0.25) is 0 Å². The van der Waals surface area contributed by atoms with Crippen LogP contribution in [0.1, 0.15) is 24.5 Å². The topological polar surface area (TPSA) is 130 Å². The van der Waals surface area contributed by atoms with Gasteiger partial charge in [-0.2, -0.15) is 0 Å². The summed E-state index contributed by atoms with van der Waals surface area (Å²) >= 11 is 0. The van der Waals surface area contributed by atoms with Gasteiger partial charge in [0.25, 0.3) is 5.97 Å². The van der Waals surface area contributed by atoms with Gasteiger partial charge in [-0.15, -0.1) is 0 Å². The third-order valence-corrected chi connectivity index (χ3v) is 5.21. The van der Waals surface area contributed by atoms with Gasteiger partial charge in [-0.1, -0.05) is 18.2 Å². The Morgan fingerprint density at radius 2 is 1.78 bits per heavy atom. The first-order chi connectivity index (χ1) is 15.5. The Kier molecular flexibility index (Phi) is 5.89. The maximum atomic E-state index is 9.00. The molecular weight excluding hydrogens is 406 g/mol. The van der Waals surface area contributed by atoms with Crippen LogP contribution in [0.5, 0.6) is 0 Å². The molecule has 2 aromatic heterocycles. The molecule has 162 valence electrons. The predicted molar refractivity (Wildman–Crippen MR) is 121 cm³/mol. The van der Waals surface area contributed by atoms with E-state index in [0.717, 1.165) is 54.5 Å². The molecule has 3 N–H and O–H groups in total. The van der Waals surface area contributed by atoms with Crippen LogP contribution >= 0.6 is 0 Å². The first-order valence-electron chi connectivity index (χ1n) is 10.2. The standard InChI is InChI=1S/C21H19N7.C2H4O2/c22-20-27-21(17-5-8-23-9-6-17,19-26-7-2-10-28(19)20)18-4-1-3-15(11-18)16-12-24-14-25-13-16;1-2(3)4/h1,3-6,8-9,11-14H,2,7,10H2,(H2,22,27);1H3,(H,3,4). The van der Waals surface area contributed by atoms with E-state index in [1.807, 2.05) is 41.6 Å². The second-order valence-corrected chi connectivity index (χ2v) is 7.35. The molecule has 2 aliphatic heterocycles. The number of rotatable bonds is 3. The fourth-order valence-corrected chi connectivity index (χ4v) is 3.94. The van der Waals surface area contributed by atoms with E-state index in [9.17, 15) is 0 Å². The third-order valence-electron chi connectivity index (χ3n) is 5.21. The van der Waals surface area contributed by atoms with Gasteiger partial charge in [0.2, 0.25) is 0 Å². The molecule has 0 fully saturated rings. The summed E-state index contributed by atoms with van der Waals surface area (Å²) in [7, 11) is 0. The summed E-state index contributed by atoms with van der Waals surface area (Å²) in [6.45, 7) is 2.68. The largest absolute Gasteiger partial charge is 0.481 e. The van der Waals surface area contributed by atoms with Crippen molar-refractivity contribution in [2.75, 3.05) is 13.1 Å². The van der Waals surface area contributed by atoms with E-state index in [1.54, 1.807) is 12.4 Å². The van der Waals surface area contributed by atoms with E-state index in [2.05, 4.69) is 27.1 Å². The lowest BCUT2D eigenvalue weighted by Crippen LogP contribution is -2.46. The molecule has 0 amide bonds. The Bertz CT molecular complexity index is 1160. The van der Waals surface area contributed by atoms with Gasteiger partial charge in [0.05, 0.1) is 0 Å². The van der Waals surface area contributed by atoms with Gasteiger partial charge in [-0.3, -0.25) is 19.7 Å². The van der Waals surface area contributed by atoms with E-state index < -0.39 is 11.5 Å². The highest BCUT2D eigenvalue weighted by atomic mass is 16.4. The number of pyridine rings is 1. The number of carbonyl (C=O) groups is 1. The molecule has 0 spiro atoms. The Hall–Kier alpha value is -4.14. The number of hydrogen-bond acceptors (Lipinski definition) is 8. The van der Waals surface area contributed by atoms with Crippen molar-refractivity contribution in [2.24, 2.45) is 15.7 Å². The van der Waals surface area contributed by atoms with Crippen molar-refractivity contribution in [2.45, 2.75) is 18.9 Å². The quantitative estimate of drug-likeness (QED) is 0.653. The normalized spacial score (nSPS) is 19.2. The zero-order valence-electron chi connectivity index (χ0n) is 17.6. The van der Waals surface area contributed by atoms with Crippen LogP contribution in [-0.2, 0) is 10.3 Å². The predicted octanol–water partition coefficient (Wildman–Crippen LogP) is 2.31. The Morgan fingerprint density at radius 3 is 2.50 bits per heavy atom. The zero-order valence-corrected chi connectivity index (χ0v) is 17.6. The van der Waals surface area contributed by atoms with Crippen LogP contribution in [-0.4, -0.2) is 55.8 Å². The highest BCUT2D eigenvalue weighted by Gasteiger charge is 2.49. The Labute approximate surface area is 185 Å². The van der Waals surface area contributed by atoms with Crippen molar-refractivity contribution in [3.8, 4) is 11.1 Å². The fraction of sp³-hybridized carbons (Fsp3) is 0.217. The van der Waals surface area contributed by atoms with E-state index in [4.69, 9.17) is 25.6 Å². The first kappa shape index (κ1) is 21.1. The lowest BCUT2D eigenvalue weighted by molar-refractivity contribution is -0.134. The number of carboxylic acids is 1. The molecule has 5 rings (SSSR count). The lowest BCUT2D eigenvalue weighted by Gasteiger charge is -2.33. The summed E-state index contributed by atoms with van der Waals surface area (Å²) in [6.07, 6.45) is 9.67. The van der Waals surface area contributed by atoms with Crippen molar-refractivity contribution >= 4 is 17.8 Å². The first-order valence-corrected chi connectivity index (χ1v) is 10.2. The highest BCUT2D eigenvalue weighted by molar-refractivity contribution is 6.12. The SMILES string of the molecule is CC(=O)O.NC1=NC(c2ccncc2)(c2cccc(-c3cncnc3)c2)C2=NCCCN12. The Morgan fingerprint density at radius 1 is 1.06 bits per heavy atom. The molecule has 2 aliphatic rings. The minimum absolute atomic E-state index is 0.503. The van der Waals surface area contributed by atoms with E-state index in [-0.39, 0.29) is 0 Å². The minimum Gasteiger partial charge on any atom is -0.481 e. The van der Waals surface area contributed by atoms with Gasteiger partial charge < -0.3 is 10.8 Å². The maximum absolute atomic E-state index is 9.00.